The number of hydrogen-bond acceptors (Lipinski definition) is 5. The molecule has 9 heteroatoms. The topological polar surface area (TPSA) is 69.1 Å². The first-order valence-corrected chi connectivity index (χ1v) is 7.17. The van der Waals surface area contributed by atoms with Crippen LogP contribution in [0.5, 0.6) is 0 Å². The number of aromatic nitrogens is 5. The molecular formula is C16H10F3N5O. The number of fused-ring (bicyclic) bond motifs is 3. The van der Waals surface area contributed by atoms with Gasteiger partial charge in [0.05, 0.1) is 11.3 Å². The van der Waals surface area contributed by atoms with Crippen LogP contribution in [0.25, 0.3) is 33.8 Å². The average Bonchev–Trinajstić information content (AvgIpc) is 3.21. The summed E-state index contributed by atoms with van der Waals surface area (Å²) >= 11 is 0. The lowest BCUT2D eigenvalue weighted by Crippen LogP contribution is -2.09. The first kappa shape index (κ1) is 15.3. The highest BCUT2D eigenvalue weighted by Crippen LogP contribution is 2.36. The molecule has 0 saturated heterocycles. The van der Waals surface area contributed by atoms with Crippen molar-refractivity contribution in [3.8, 4) is 11.6 Å². The summed E-state index contributed by atoms with van der Waals surface area (Å²) in [5.74, 6) is 0.170. The Morgan fingerprint density at radius 2 is 2.04 bits per heavy atom. The summed E-state index contributed by atoms with van der Waals surface area (Å²) in [6.45, 7) is 5.30. The van der Waals surface area contributed by atoms with Crippen molar-refractivity contribution in [3.63, 3.8) is 0 Å². The van der Waals surface area contributed by atoms with E-state index in [0.29, 0.717) is 16.9 Å². The number of allylic oxidation sites excluding steroid dienone is 1. The maximum Gasteiger partial charge on any atom is 0.417 e. The molecule has 0 N–H and O–H groups in total. The first-order chi connectivity index (χ1) is 11.8. The molecule has 4 aromatic heterocycles. The Balaban J connectivity index is 2.09. The van der Waals surface area contributed by atoms with Crippen molar-refractivity contribution >= 4 is 22.3 Å². The fourth-order valence-corrected chi connectivity index (χ4v) is 2.57. The number of nitrogens with zero attached hydrogens (tertiary/aromatic N) is 5. The Hall–Kier alpha value is -3.23. The fraction of sp³-hybridized carbons (Fsp3) is 0.125. The van der Waals surface area contributed by atoms with Crippen LogP contribution < -0.4 is 0 Å². The lowest BCUT2D eigenvalue weighted by molar-refractivity contribution is -0.136. The number of rotatable bonds is 2. The molecule has 4 rings (SSSR count). The summed E-state index contributed by atoms with van der Waals surface area (Å²) in [4.78, 5) is 8.62. The van der Waals surface area contributed by atoms with Gasteiger partial charge in [-0.15, -0.1) is 10.2 Å². The van der Waals surface area contributed by atoms with E-state index in [-0.39, 0.29) is 22.6 Å². The highest BCUT2D eigenvalue weighted by Gasteiger charge is 2.34. The third-order valence-corrected chi connectivity index (χ3v) is 3.72. The molecule has 126 valence electrons. The molecule has 4 heterocycles. The summed E-state index contributed by atoms with van der Waals surface area (Å²) < 4.78 is 47.0. The second kappa shape index (κ2) is 5.13. The molecule has 0 aliphatic carbocycles. The van der Waals surface area contributed by atoms with Crippen molar-refractivity contribution in [2.75, 3.05) is 0 Å². The quantitative estimate of drug-likeness (QED) is 0.549. The van der Waals surface area contributed by atoms with Crippen LogP contribution in [0.15, 0.2) is 41.8 Å². The van der Waals surface area contributed by atoms with Crippen molar-refractivity contribution < 1.29 is 17.6 Å². The van der Waals surface area contributed by atoms with Gasteiger partial charge in [-0.3, -0.25) is 4.40 Å². The minimum Gasteiger partial charge on any atom is -0.422 e. The van der Waals surface area contributed by atoms with E-state index in [2.05, 4.69) is 26.7 Å². The SMILES string of the molecule is C=C(C)c1cc(C(F)(F)F)c2ccc3nc(-c4nnco4)cn3c2n1. The highest BCUT2D eigenvalue weighted by molar-refractivity contribution is 5.85. The highest BCUT2D eigenvalue weighted by atomic mass is 19.4. The van der Waals surface area contributed by atoms with Crippen molar-refractivity contribution in [3.05, 3.63) is 48.6 Å². The van der Waals surface area contributed by atoms with Crippen molar-refractivity contribution in [1.29, 1.82) is 0 Å². The van der Waals surface area contributed by atoms with Crippen LogP contribution in [0, 0.1) is 0 Å². The maximum absolute atomic E-state index is 13.5. The van der Waals surface area contributed by atoms with Gasteiger partial charge in [-0.2, -0.15) is 13.2 Å². The molecule has 0 aliphatic heterocycles. The van der Waals surface area contributed by atoms with E-state index in [0.717, 1.165) is 12.5 Å². The molecule has 25 heavy (non-hydrogen) atoms. The molecule has 0 amide bonds. The molecule has 0 atom stereocenters. The van der Waals surface area contributed by atoms with Gasteiger partial charge in [-0.05, 0) is 30.7 Å². The predicted molar refractivity (Wildman–Crippen MR) is 83.5 cm³/mol. The van der Waals surface area contributed by atoms with Crippen molar-refractivity contribution in [2.24, 2.45) is 0 Å². The van der Waals surface area contributed by atoms with E-state index in [9.17, 15) is 13.2 Å². The van der Waals surface area contributed by atoms with Crippen molar-refractivity contribution in [1.82, 2.24) is 24.6 Å². The molecule has 0 unspecified atom stereocenters. The van der Waals surface area contributed by atoms with Crippen LogP contribution in [-0.4, -0.2) is 24.6 Å². The Morgan fingerprint density at radius 1 is 1.24 bits per heavy atom. The van der Waals surface area contributed by atoms with E-state index in [4.69, 9.17) is 4.42 Å². The lowest BCUT2D eigenvalue weighted by atomic mass is 10.1. The van der Waals surface area contributed by atoms with Gasteiger partial charge in [0.15, 0.2) is 0 Å². The van der Waals surface area contributed by atoms with Crippen LogP contribution in [-0.2, 0) is 6.18 Å². The third kappa shape index (κ3) is 2.44. The minimum atomic E-state index is -4.52. The molecule has 0 fully saturated rings. The van der Waals surface area contributed by atoms with Gasteiger partial charge in [-0.25, -0.2) is 9.97 Å². The van der Waals surface area contributed by atoms with E-state index in [1.807, 2.05) is 0 Å². The van der Waals surface area contributed by atoms with E-state index in [1.165, 1.54) is 22.7 Å². The monoisotopic (exact) mass is 345 g/mol. The number of halogens is 3. The molecule has 0 saturated carbocycles. The summed E-state index contributed by atoms with van der Waals surface area (Å²) in [7, 11) is 0. The first-order valence-electron chi connectivity index (χ1n) is 7.17. The van der Waals surface area contributed by atoms with Gasteiger partial charge < -0.3 is 4.42 Å². The molecule has 0 aliphatic rings. The molecule has 4 aromatic rings. The lowest BCUT2D eigenvalue weighted by Gasteiger charge is -2.13. The largest absolute Gasteiger partial charge is 0.422 e. The summed E-state index contributed by atoms with van der Waals surface area (Å²) in [6, 6.07) is 3.85. The standard InChI is InChI=1S/C16H10F3N5O/c1-8(2)11-5-10(16(17,18)19)9-3-4-13-21-12(15-23-20-7-25-15)6-24(13)14(9)22-11/h3-7H,1H2,2H3. The van der Waals surface area contributed by atoms with Crippen molar-refractivity contribution in [2.45, 2.75) is 13.1 Å². The van der Waals surface area contributed by atoms with E-state index >= 15 is 0 Å². The predicted octanol–water partition coefficient (Wildman–Crippen LogP) is 3.98. The summed E-state index contributed by atoms with van der Waals surface area (Å²) in [6.07, 6.45) is -1.86. The average molecular weight is 345 g/mol. The van der Waals surface area contributed by atoms with Gasteiger partial charge in [0.2, 0.25) is 6.39 Å². The van der Waals surface area contributed by atoms with Gasteiger partial charge >= 0.3 is 6.18 Å². The zero-order chi connectivity index (χ0) is 17.8. The molecule has 0 spiro atoms. The number of pyridine rings is 2. The zero-order valence-corrected chi connectivity index (χ0v) is 12.9. The van der Waals surface area contributed by atoms with Crippen LogP contribution in [0.1, 0.15) is 18.2 Å². The number of hydrogen-bond donors (Lipinski definition) is 0. The fourth-order valence-electron chi connectivity index (χ4n) is 2.57. The van der Waals surface area contributed by atoms with Crippen LogP contribution >= 0.6 is 0 Å². The maximum atomic E-state index is 13.5. The second-order valence-corrected chi connectivity index (χ2v) is 5.50. The van der Waals surface area contributed by atoms with Crippen LogP contribution in [0.3, 0.4) is 0 Å². The van der Waals surface area contributed by atoms with Gasteiger partial charge in [-0.1, -0.05) is 6.58 Å². The van der Waals surface area contributed by atoms with Gasteiger partial charge in [0, 0.05) is 11.6 Å². The second-order valence-electron chi connectivity index (χ2n) is 5.50. The Kier molecular flexibility index (Phi) is 3.14. The summed E-state index contributed by atoms with van der Waals surface area (Å²) in [5.41, 5.74) is 0.720. The van der Waals surface area contributed by atoms with E-state index < -0.39 is 11.7 Å². The minimum absolute atomic E-state index is 0.0283. The zero-order valence-electron chi connectivity index (χ0n) is 12.9. The number of imidazole rings is 1. The normalized spacial score (nSPS) is 12.2. The van der Waals surface area contributed by atoms with E-state index in [1.54, 1.807) is 6.92 Å². The Labute approximate surface area is 138 Å². The van der Waals surface area contributed by atoms with Crippen LogP contribution in [0.2, 0.25) is 0 Å². The molecule has 0 radical (unpaired) electrons. The molecule has 0 aromatic carbocycles. The van der Waals surface area contributed by atoms with Gasteiger partial charge in [0.1, 0.15) is 17.0 Å². The molecular weight excluding hydrogens is 335 g/mol. The number of alkyl halides is 3. The Morgan fingerprint density at radius 3 is 2.68 bits per heavy atom. The van der Waals surface area contributed by atoms with Crippen LogP contribution in [0.4, 0.5) is 13.2 Å². The molecule has 6 nitrogen and oxygen atoms in total. The third-order valence-electron chi connectivity index (χ3n) is 3.72. The smallest absolute Gasteiger partial charge is 0.417 e. The Bertz CT molecular complexity index is 1110. The summed E-state index contributed by atoms with van der Waals surface area (Å²) in [5, 5.41) is 7.30. The van der Waals surface area contributed by atoms with Gasteiger partial charge in [0.25, 0.3) is 5.89 Å². The molecule has 0 bridgehead atoms.